The van der Waals surface area contributed by atoms with Crippen LogP contribution in [0.5, 0.6) is 5.75 Å². The van der Waals surface area contributed by atoms with Gasteiger partial charge in [0.1, 0.15) is 24.7 Å². The van der Waals surface area contributed by atoms with Crippen molar-refractivity contribution in [1.82, 2.24) is 25.4 Å². The summed E-state index contributed by atoms with van der Waals surface area (Å²) in [6, 6.07) is 13.9. The molecule has 0 saturated carbocycles. The number of hydrogen-bond donors (Lipinski definition) is 2. The van der Waals surface area contributed by atoms with Gasteiger partial charge < -0.3 is 19.9 Å². The minimum atomic E-state index is 0. The summed E-state index contributed by atoms with van der Waals surface area (Å²) >= 11 is 1.71. The number of para-hydroxylation sites is 1. The minimum absolute atomic E-state index is 0. The van der Waals surface area contributed by atoms with E-state index in [9.17, 15) is 0 Å². The van der Waals surface area contributed by atoms with Crippen molar-refractivity contribution in [3.05, 3.63) is 64.4 Å². The van der Waals surface area contributed by atoms with Gasteiger partial charge in [-0.15, -0.1) is 45.5 Å². The summed E-state index contributed by atoms with van der Waals surface area (Å²) < 4.78 is 7.67. The van der Waals surface area contributed by atoms with Crippen molar-refractivity contribution in [3.8, 4) is 5.75 Å². The summed E-state index contributed by atoms with van der Waals surface area (Å²) in [4.78, 5) is 5.88. The molecule has 0 unspecified atom stereocenters. The maximum absolute atomic E-state index is 5.72. The standard InChI is InChI=1S/C19H24N6OS.HI/c1-15-23-24-18(25(15)2)14-22-19(21-13-17-9-6-12-27-17)20-10-11-26-16-7-4-3-5-8-16;/h3-9,12H,10-11,13-14H2,1-2H3,(H2,20,21,22);1H. The summed E-state index contributed by atoms with van der Waals surface area (Å²) in [6.45, 7) is 4.29. The molecule has 1 aromatic carbocycles. The van der Waals surface area contributed by atoms with Gasteiger partial charge in [-0.2, -0.15) is 0 Å². The highest BCUT2D eigenvalue weighted by Crippen LogP contribution is 2.08. The Labute approximate surface area is 186 Å². The van der Waals surface area contributed by atoms with E-state index in [1.165, 1.54) is 4.88 Å². The quantitative estimate of drug-likeness (QED) is 0.210. The molecule has 0 radical (unpaired) electrons. The van der Waals surface area contributed by atoms with Crippen LogP contribution in [0.15, 0.2) is 52.8 Å². The van der Waals surface area contributed by atoms with Crippen LogP contribution in [-0.2, 0) is 20.1 Å². The first-order chi connectivity index (χ1) is 13.2. The van der Waals surface area contributed by atoms with Crippen molar-refractivity contribution in [2.75, 3.05) is 13.2 Å². The molecule has 2 heterocycles. The minimum Gasteiger partial charge on any atom is -0.492 e. The summed E-state index contributed by atoms with van der Waals surface area (Å²) in [6.07, 6.45) is 0. The molecule has 0 saturated heterocycles. The fraction of sp³-hybridized carbons (Fsp3) is 0.316. The molecule has 150 valence electrons. The number of halogens is 1. The summed E-state index contributed by atoms with van der Waals surface area (Å²) in [5.74, 6) is 3.28. The van der Waals surface area contributed by atoms with Crippen LogP contribution in [-0.4, -0.2) is 33.9 Å². The van der Waals surface area contributed by atoms with Crippen molar-refractivity contribution in [2.45, 2.75) is 20.0 Å². The van der Waals surface area contributed by atoms with Crippen LogP contribution in [0.3, 0.4) is 0 Å². The van der Waals surface area contributed by atoms with Gasteiger partial charge in [0.25, 0.3) is 0 Å². The Morgan fingerprint density at radius 3 is 2.64 bits per heavy atom. The van der Waals surface area contributed by atoms with E-state index in [1.807, 2.05) is 54.9 Å². The van der Waals surface area contributed by atoms with E-state index >= 15 is 0 Å². The Morgan fingerprint density at radius 2 is 1.96 bits per heavy atom. The fourth-order valence-corrected chi connectivity index (χ4v) is 3.00. The second-order valence-electron chi connectivity index (χ2n) is 5.91. The van der Waals surface area contributed by atoms with E-state index in [-0.39, 0.29) is 24.0 Å². The second-order valence-corrected chi connectivity index (χ2v) is 6.94. The topological polar surface area (TPSA) is 76.4 Å². The molecule has 0 aliphatic rings. The van der Waals surface area contributed by atoms with E-state index in [0.717, 1.165) is 29.9 Å². The van der Waals surface area contributed by atoms with E-state index in [4.69, 9.17) is 4.74 Å². The molecule has 0 atom stereocenters. The zero-order chi connectivity index (χ0) is 18.9. The first-order valence-electron chi connectivity index (χ1n) is 8.79. The normalized spacial score (nSPS) is 11.0. The summed E-state index contributed by atoms with van der Waals surface area (Å²) in [5.41, 5.74) is 0. The molecule has 0 amide bonds. The van der Waals surface area contributed by atoms with Gasteiger partial charge in [0, 0.05) is 11.9 Å². The SMILES string of the molecule is Cc1nnc(CN=C(NCCOc2ccccc2)NCc2cccs2)n1C.I. The Hall–Kier alpha value is -2.14. The number of benzene rings is 1. The van der Waals surface area contributed by atoms with Gasteiger partial charge in [0.15, 0.2) is 11.8 Å². The number of guanidine groups is 1. The fourth-order valence-electron chi connectivity index (χ4n) is 2.35. The number of nitrogens with zero attached hydrogens (tertiary/aromatic N) is 4. The summed E-state index contributed by atoms with van der Waals surface area (Å²) in [7, 11) is 1.94. The maximum Gasteiger partial charge on any atom is 0.192 e. The number of nitrogens with one attached hydrogen (secondary N) is 2. The van der Waals surface area contributed by atoms with E-state index in [1.54, 1.807) is 11.3 Å². The van der Waals surface area contributed by atoms with E-state index < -0.39 is 0 Å². The first kappa shape index (κ1) is 22.2. The number of hydrogen-bond acceptors (Lipinski definition) is 5. The average Bonchev–Trinajstić information content (AvgIpc) is 3.32. The van der Waals surface area contributed by atoms with Gasteiger partial charge in [-0.05, 0) is 30.5 Å². The average molecular weight is 512 g/mol. The lowest BCUT2D eigenvalue weighted by Gasteiger charge is -2.13. The number of rotatable bonds is 8. The predicted octanol–water partition coefficient (Wildman–Crippen LogP) is 3.12. The van der Waals surface area contributed by atoms with Crippen molar-refractivity contribution in [3.63, 3.8) is 0 Å². The third-order valence-electron chi connectivity index (χ3n) is 3.98. The van der Waals surface area contributed by atoms with Crippen LogP contribution < -0.4 is 15.4 Å². The molecule has 0 bridgehead atoms. The third-order valence-corrected chi connectivity index (χ3v) is 4.85. The molecule has 0 aliphatic carbocycles. The van der Waals surface area contributed by atoms with Gasteiger partial charge >= 0.3 is 0 Å². The molecule has 7 nitrogen and oxygen atoms in total. The lowest BCUT2D eigenvalue weighted by atomic mass is 10.3. The molecule has 0 aliphatic heterocycles. The zero-order valence-electron chi connectivity index (χ0n) is 16.0. The largest absolute Gasteiger partial charge is 0.492 e. The van der Waals surface area contributed by atoms with Crippen molar-refractivity contribution in [1.29, 1.82) is 0 Å². The Morgan fingerprint density at radius 1 is 1.14 bits per heavy atom. The number of aromatic nitrogens is 3. The predicted molar refractivity (Wildman–Crippen MR) is 123 cm³/mol. The maximum atomic E-state index is 5.72. The molecule has 3 aromatic rings. The van der Waals surface area contributed by atoms with E-state index in [0.29, 0.717) is 19.7 Å². The second kappa shape index (κ2) is 11.6. The Kier molecular flexibility index (Phi) is 9.21. The lowest BCUT2D eigenvalue weighted by molar-refractivity contribution is 0.322. The number of aryl methyl sites for hydroxylation is 1. The van der Waals surface area contributed by atoms with Gasteiger partial charge in [0.2, 0.25) is 0 Å². The highest BCUT2D eigenvalue weighted by molar-refractivity contribution is 14.0. The van der Waals surface area contributed by atoms with Crippen molar-refractivity contribution in [2.24, 2.45) is 12.0 Å². The highest BCUT2D eigenvalue weighted by atomic mass is 127. The van der Waals surface area contributed by atoms with Crippen molar-refractivity contribution >= 4 is 41.3 Å². The van der Waals surface area contributed by atoms with Crippen LogP contribution in [0.4, 0.5) is 0 Å². The smallest absolute Gasteiger partial charge is 0.192 e. The third kappa shape index (κ3) is 6.79. The molecule has 2 aromatic heterocycles. The van der Waals surface area contributed by atoms with Gasteiger partial charge in [-0.1, -0.05) is 24.3 Å². The molecule has 3 rings (SSSR count). The summed E-state index contributed by atoms with van der Waals surface area (Å²) in [5, 5.41) is 17.0. The molecule has 2 N–H and O–H groups in total. The monoisotopic (exact) mass is 512 g/mol. The van der Waals surface area contributed by atoms with Gasteiger partial charge in [-0.25, -0.2) is 4.99 Å². The molecular weight excluding hydrogens is 487 g/mol. The van der Waals surface area contributed by atoms with Crippen LogP contribution in [0.25, 0.3) is 0 Å². The molecule has 0 spiro atoms. The van der Waals surface area contributed by atoms with Crippen LogP contribution in [0, 0.1) is 6.92 Å². The Balaban J connectivity index is 0.00000280. The van der Waals surface area contributed by atoms with Crippen molar-refractivity contribution < 1.29 is 4.74 Å². The molecular formula is C19H25IN6OS. The van der Waals surface area contributed by atoms with Gasteiger partial charge in [-0.3, -0.25) is 0 Å². The van der Waals surface area contributed by atoms with Crippen LogP contribution in [0.1, 0.15) is 16.5 Å². The molecule has 9 heteroatoms. The number of ether oxygens (including phenoxy) is 1. The Bertz CT molecular complexity index is 851. The van der Waals surface area contributed by atoms with Crippen LogP contribution in [0.2, 0.25) is 0 Å². The highest BCUT2D eigenvalue weighted by Gasteiger charge is 2.05. The number of thiophene rings is 1. The molecule has 28 heavy (non-hydrogen) atoms. The first-order valence-corrected chi connectivity index (χ1v) is 9.67. The zero-order valence-corrected chi connectivity index (χ0v) is 19.1. The van der Waals surface area contributed by atoms with Crippen LogP contribution >= 0.6 is 35.3 Å². The lowest BCUT2D eigenvalue weighted by Crippen LogP contribution is -2.39. The molecule has 0 fully saturated rings. The van der Waals surface area contributed by atoms with Gasteiger partial charge in [0.05, 0.1) is 13.1 Å². The van der Waals surface area contributed by atoms with E-state index in [2.05, 4.69) is 37.3 Å². The number of aliphatic imine (C=N–C) groups is 1.